The molecule has 24 heavy (non-hydrogen) atoms. The van der Waals surface area contributed by atoms with Crippen LogP contribution in [0.1, 0.15) is 17.8 Å². The summed E-state index contributed by atoms with van der Waals surface area (Å²) in [6, 6.07) is 4.09. The lowest BCUT2D eigenvalue weighted by atomic mass is 10.1. The van der Waals surface area contributed by atoms with Crippen molar-refractivity contribution in [1.82, 2.24) is 20.1 Å². The summed E-state index contributed by atoms with van der Waals surface area (Å²) in [6.07, 6.45) is 2.94. The van der Waals surface area contributed by atoms with Gasteiger partial charge in [0.15, 0.2) is 0 Å². The lowest BCUT2D eigenvalue weighted by Crippen LogP contribution is -2.43. The molecule has 128 valence electrons. The van der Waals surface area contributed by atoms with E-state index < -0.39 is 12.6 Å². The van der Waals surface area contributed by atoms with Gasteiger partial charge in [0, 0.05) is 6.42 Å². The van der Waals surface area contributed by atoms with E-state index in [1.165, 1.54) is 12.4 Å². The quantitative estimate of drug-likeness (QED) is 0.897. The highest BCUT2D eigenvalue weighted by Crippen LogP contribution is 2.29. The summed E-state index contributed by atoms with van der Waals surface area (Å²) in [6.45, 7) is -0.729. The van der Waals surface area contributed by atoms with E-state index in [0.29, 0.717) is 12.1 Å². The maximum absolute atomic E-state index is 12.5. The Morgan fingerprint density at radius 2 is 2.29 bits per heavy atom. The molecule has 7 nitrogen and oxygen atoms in total. The average molecular weight is 337 g/mol. The second-order valence-corrected chi connectivity index (χ2v) is 5.52. The zero-order chi connectivity index (χ0) is 17.1. The molecule has 2 aromatic rings. The maximum Gasteiger partial charge on any atom is 0.387 e. The number of ether oxygens (including phenoxy) is 1. The normalized spacial score (nSPS) is 16.6. The van der Waals surface area contributed by atoms with Crippen molar-refractivity contribution in [3.63, 3.8) is 0 Å². The predicted octanol–water partition coefficient (Wildman–Crippen LogP) is 2.32. The molecule has 2 heterocycles. The minimum Gasteiger partial charge on any atom is -0.433 e. The molecule has 9 heteroatoms. The van der Waals surface area contributed by atoms with Crippen LogP contribution in [0, 0.1) is 6.92 Å². The van der Waals surface area contributed by atoms with Crippen molar-refractivity contribution in [2.24, 2.45) is 0 Å². The van der Waals surface area contributed by atoms with Crippen molar-refractivity contribution in [3.8, 4) is 5.75 Å². The largest absolute Gasteiger partial charge is 0.433 e. The van der Waals surface area contributed by atoms with Gasteiger partial charge < -0.3 is 15.4 Å². The Hall–Kier alpha value is -2.71. The number of nitrogens with zero attached hydrogens (tertiary/aromatic N) is 3. The summed E-state index contributed by atoms with van der Waals surface area (Å²) in [5.41, 5.74) is 0.859. The third-order valence-electron chi connectivity index (χ3n) is 3.83. The van der Waals surface area contributed by atoms with Crippen LogP contribution in [-0.4, -0.2) is 33.4 Å². The minimum absolute atomic E-state index is 0.0673. The molecule has 1 aliphatic rings. The van der Waals surface area contributed by atoms with E-state index in [-0.39, 0.29) is 17.5 Å². The third-order valence-corrected chi connectivity index (χ3v) is 3.83. The number of para-hydroxylation sites is 1. The minimum atomic E-state index is -2.96. The SMILES string of the molecule is Cc1cccc(OC(F)F)c1NC(=O)NC1CCc2ncnn2C1. The van der Waals surface area contributed by atoms with Crippen molar-refractivity contribution in [1.29, 1.82) is 0 Å². The summed E-state index contributed by atoms with van der Waals surface area (Å²) in [7, 11) is 0. The standard InChI is InChI=1S/C15H17F2N5O2/c1-9-3-2-4-11(24-14(16)17)13(9)21-15(23)20-10-5-6-12-18-8-19-22(12)7-10/h2-4,8,10,14H,5-7H2,1H3,(H2,20,21,23). The first-order valence-electron chi connectivity index (χ1n) is 7.51. The molecule has 1 aliphatic heterocycles. The van der Waals surface area contributed by atoms with Crippen molar-refractivity contribution in [2.45, 2.75) is 39.0 Å². The van der Waals surface area contributed by atoms with Gasteiger partial charge in [0.25, 0.3) is 0 Å². The molecule has 1 unspecified atom stereocenters. The number of rotatable bonds is 4. The summed E-state index contributed by atoms with van der Waals surface area (Å²) >= 11 is 0. The number of amides is 2. The van der Waals surface area contributed by atoms with Crippen LogP contribution in [0.3, 0.4) is 0 Å². The molecule has 0 saturated carbocycles. The van der Waals surface area contributed by atoms with Gasteiger partial charge in [-0.05, 0) is 25.0 Å². The topological polar surface area (TPSA) is 81.1 Å². The number of hydrogen-bond acceptors (Lipinski definition) is 4. The number of hydrogen-bond donors (Lipinski definition) is 2. The molecule has 0 radical (unpaired) electrons. The molecule has 1 aromatic carbocycles. The van der Waals surface area contributed by atoms with E-state index in [0.717, 1.165) is 18.7 Å². The van der Waals surface area contributed by atoms with Crippen LogP contribution in [0.15, 0.2) is 24.5 Å². The Bertz CT molecular complexity index is 734. The number of carbonyl (C=O) groups is 1. The Balaban J connectivity index is 1.65. The maximum atomic E-state index is 12.5. The van der Waals surface area contributed by atoms with Gasteiger partial charge in [-0.15, -0.1) is 0 Å². The molecule has 0 saturated heterocycles. The van der Waals surface area contributed by atoms with Gasteiger partial charge in [-0.25, -0.2) is 14.5 Å². The Kier molecular flexibility index (Phi) is 4.59. The van der Waals surface area contributed by atoms with Gasteiger partial charge in [-0.2, -0.15) is 13.9 Å². The van der Waals surface area contributed by atoms with Gasteiger partial charge in [-0.1, -0.05) is 12.1 Å². The van der Waals surface area contributed by atoms with Crippen molar-refractivity contribution in [3.05, 3.63) is 35.9 Å². The summed E-state index contributed by atoms with van der Waals surface area (Å²) in [5.74, 6) is 0.822. The van der Waals surface area contributed by atoms with Gasteiger partial charge >= 0.3 is 12.6 Å². The lowest BCUT2D eigenvalue weighted by molar-refractivity contribution is -0.0493. The molecule has 0 fully saturated rings. The van der Waals surface area contributed by atoms with Crippen LogP contribution in [0.2, 0.25) is 0 Å². The van der Waals surface area contributed by atoms with Gasteiger partial charge in [-0.3, -0.25) is 0 Å². The number of fused-ring (bicyclic) bond motifs is 1. The number of alkyl halides is 2. The summed E-state index contributed by atoms with van der Waals surface area (Å²) in [5, 5.41) is 9.51. The van der Waals surface area contributed by atoms with E-state index in [1.54, 1.807) is 23.7 Å². The number of anilines is 1. The molecule has 1 aromatic heterocycles. The Morgan fingerprint density at radius 1 is 1.46 bits per heavy atom. The fourth-order valence-electron chi connectivity index (χ4n) is 2.69. The second-order valence-electron chi connectivity index (χ2n) is 5.52. The Labute approximate surface area is 137 Å². The summed E-state index contributed by atoms with van der Waals surface area (Å²) in [4.78, 5) is 16.3. The number of halogens is 2. The zero-order valence-electron chi connectivity index (χ0n) is 13.0. The first-order valence-corrected chi connectivity index (χ1v) is 7.51. The van der Waals surface area contributed by atoms with Crippen LogP contribution in [-0.2, 0) is 13.0 Å². The molecule has 3 rings (SSSR count). The van der Waals surface area contributed by atoms with Gasteiger partial charge in [0.05, 0.1) is 18.3 Å². The number of aromatic nitrogens is 3. The molecular formula is C15H17F2N5O2. The number of aryl methyl sites for hydroxylation is 2. The second kappa shape index (κ2) is 6.81. The van der Waals surface area contributed by atoms with Gasteiger partial charge in [0.1, 0.15) is 17.9 Å². The molecule has 1 atom stereocenters. The first kappa shape index (κ1) is 16.2. The fraction of sp³-hybridized carbons (Fsp3) is 0.400. The monoisotopic (exact) mass is 337 g/mol. The number of benzene rings is 1. The molecule has 0 spiro atoms. The molecule has 0 bridgehead atoms. The molecular weight excluding hydrogens is 320 g/mol. The third kappa shape index (κ3) is 3.61. The highest BCUT2D eigenvalue weighted by molar-refractivity contribution is 5.92. The highest BCUT2D eigenvalue weighted by Gasteiger charge is 2.22. The van der Waals surface area contributed by atoms with Crippen molar-refractivity contribution >= 4 is 11.7 Å². The van der Waals surface area contributed by atoms with Crippen LogP contribution in [0.25, 0.3) is 0 Å². The fourth-order valence-corrected chi connectivity index (χ4v) is 2.69. The summed E-state index contributed by atoms with van der Waals surface area (Å²) < 4.78 is 31.2. The van der Waals surface area contributed by atoms with E-state index >= 15 is 0 Å². The van der Waals surface area contributed by atoms with E-state index in [1.807, 2.05) is 0 Å². The average Bonchev–Trinajstić information content (AvgIpc) is 2.98. The van der Waals surface area contributed by atoms with E-state index in [9.17, 15) is 13.6 Å². The number of nitrogens with one attached hydrogen (secondary N) is 2. The highest BCUT2D eigenvalue weighted by atomic mass is 19.3. The molecule has 2 N–H and O–H groups in total. The van der Waals surface area contributed by atoms with Crippen molar-refractivity contribution in [2.75, 3.05) is 5.32 Å². The molecule has 2 amide bonds. The van der Waals surface area contributed by atoms with Crippen LogP contribution >= 0.6 is 0 Å². The lowest BCUT2D eigenvalue weighted by Gasteiger charge is -2.24. The zero-order valence-corrected chi connectivity index (χ0v) is 13.0. The Morgan fingerprint density at radius 3 is 3.08 bits per heavy atom. The van der Waals surface area contributed by atoms with Gasteiger partial charge in [0.2, 0.25) is 0 Å². The smallest absolute Gasteiger partial charge is 0.387 e. The van der Waals surface area contributed by atoms with Crippen LogP contribution < -0.4 is 15.4 Å². The number of urea groups is 1. The van der Waals surface area contributed by atoms with Crippen LogP contribution in [0.4, 0.5) is 19.3 Å². The van der Waals surface area contributed by atoms with E-state index in [2.05, 4.69) is 25.5 Å². The first-order chi connectivity index (χ1) is 11.5. The number of carbonyl (C=O) groups excluding carboxylic acids is 1. The predicted molar refractivity (Wildman–Crippen MR) is 82.1 cm³/mol. The van der Waals surface area contributed by atoms with Crippen molar-refractivity contribution < 1.29 is 18.3 Å². The van der Waals surface area contributed by atoms with Crippen LogP contribution in [0.5, 0.6) is 5.75 Å². The molecule has 0 aliphatic carbocycles. The van der Waals surface area contributed by atoms with E-state index in [4.69, 9.17) is 0 Å².